The summed E-state index contributed by atoms with van der Waals surface area (Å²) in [7, 11) is 4.08. The van der Waals surface area contributed by atoms with Crippen LogP contribution in [-0.2, 0) is 4.74 Å². The van der Waals surface area contributed by atoms with Crippen LogP contribution in [0.25, 0.3) is 0 Å². The third kappa shape index (κ3) is 7.04. The van der Waals surface area contributed by atoms with Crippen LogP contribution < -0.4 is 10.6 Å². The van der Waals surface area contributed by atoms with Gasteiger partial charge in [0.2, 0.25) is 0 Å². The second-order valence-corrected chi connectivity index (χ2v) is 7.38. The lowest BCUT2D eigenvalue weighted by atomic mass is 9.83. The average molecular weight is 452 g/mol. The Labute approximate surface area is 165 Å². The molecule has 2 aliphatic rings. The lowest BCUT2D eigenvalue weighted by Gasteiger charge is -2.30. The quantitative estimate of drug-likeness (QED) is 0.257. The fraction of sp³-hybridized carbons (Fsp3) is 0.944. The lowest BCUT2D eigenvalue weighted by molar-refractivity contribution is 0.105. The Bertz CT molecular complexity index is 372. The summed E-state index contributed by atoms with van der Waals surface area (Å²) in [5, 5.41) is 7.11. The lowest BCUT2D eigenvalue weighted by Crippen LogP contribution is -2.44. The molecule has 2 rings (SSSR count). The number of hydrogen-bond acceptors (Lipinski definition) is 3. The summed E-state index contributed by atoms with van der Waals surface area (Å²) in [6.45, 7) is 8.24. The Balaban J connectivity index is 0.00000288. The van der Waals surface area contributed by atoms with Crippen molar-refractivity contribution >= 4 is 29.9 Å². The van der Waals surface area contributed by atoms with Gasteiger partial charge in [0.25, 0.3) is 0 Å². The van der Waals surface area contributed by atoms with E-state index >= 15 is 0 Å². The van der Waals surface area contributed by atoms with E-state index in [-0.39, 0.29) is 24.0 Å². The van der Waals surface area contributed by atoms with Crippen molar-refractivity contribution in [2.24, 2.45) is 16.3 Å². The molecule has 0 spiro atoms. The molecule has 24 heavy (non-hydrogen) atoms. The molecule has 1 atom stereocenters. The number of guanidine groups is 1. The minimum Gasteiger partial charge on any atom is -0.382 e. The van der Waals surface area contributed by atoms with Gasteiger partial charge < -0.3 is 20.3 Å². The van der Waals surface area contributed by atoms with Crippen LogP contribution >= 0.6 is 24.0 Å². The molecular formula is C18H37IN4O. The maximum Gasteiger partial charge on any atom is 0.191 e. The molecule has 0 bridgehead atoms. The molecule has 2 N–H and O–H groups in total. The van der Waals surface area contributed by atoms with Crippen molar-refractivity contribution in [2.45, 2.75) is 45.4 Å². The topological polar surface area (TPSA) is 48.9 Å². The first-order chi connectivity index (χ1) is 11.2. The maximum absolute atomic E-state index is 5.60. The average Bonchev–Trinajstić information content (AvgIpc) is 3.18. The summed E-state index contributed by atoms with van der Waals surface area (Å²) in [4.78, 5) is 6.81. The van der Waals surface area contributed by atoms with E-state index < -0.39 is 0 Å². The number of halogens is 1. The molecule has 0 radical (unpaired) electrons. The predicted octanol–water partition coefficient (Wildman–Crippen LogP) is 2.71. The molecule has 2 fully saturated rings. The summed E-state index contributed by atoms with van der Waals surface area (Å²) in [5.41, 5.74) is 0.403. The molecule has 6 heteroatoms. The Kier molecular flexibility index (Phi) is 10.5. The molecule has 1 saturated carbocycles. The maximum atomic E-state index is 5.60. The van der Waals surface area contributed by atoms with E-state index in [4.69, 9.17) is 4.74 Å². The number of ether oxygens (including phenoxy) is 1. The monoisotopic (exact) mass is 452 g/mol. The summed E-state index contributed by atoms with van der Waals surface area (Å²) in [6.07, 6.45) is 7.80. The van der Waals surface area contributed by atoms with Crippen molar-refractivity contribution in [3.8, 4) is 0 Å². The van der Waals surface area contributed by atoms with Gasteiger partial charge >= 0.3 is 0 Å². The van der Waals surface area contributed by atoms with Gasteiger partial charge in [-0.25, -0.2) is 0 Å². The number of hydrogen-bond donors (Lipinski definition) is 2. The van der Waals surface area contributed by atoms with Crippen molar-refractivity contribution in [3.63, 3.8) is 0 Å². The van der Waals surface area contributed by atoms with E-state index in [0.29, 0.717) is 5.41 Å². The summed E-state index contributed by atoms with van der Waals surface area (Å²) < 4.78 is 5.60. The highest BCUT2D eigenvalue weighted by Gasteiger charge is 2.33. The van der Waals surface area contributed by atoms with Crippen LogP contribution in [0.2, 0.25) is 0 Å². The van der Waals surface area contributed by atoms with Crippen LogP contribution in [0, 0.1) is 11.3 Å². The molecule has 1 heterocycles. The van der Waals surface area contributed by atoms with Gasteiger partial charge in [0.15, 0.2) is 5.96 Å². The zero-order valence-corrected chi connectivity index (χ0v) is 18.1. The first-order valence-corrected chi connectivity index (χ1v) is 9.38. The first-order valence-electron chi connectivity index (χ1n) is 9.38. The van der Waals surface area contributed by atoms with Crippen LogP contribution in [0.3, 0.4) is 0 Å². The Hall–Kier alpha value is -0.0800. The summed E-state index contributed by atoms with van der Waals surface area (Å²) in [6, 6.07) is 0. The molecule has 1 aliphatic heterocycles. The second-order valence-electron chi connectivity index (χ2n) is 7.38. The Morgan fingerprint density at radius 3 is 2.62 bits per heavy atom. The van der Waals surface area contributed by atoms with Gasteiger partial charge in [0.1, 0.15) is 0 Å². The number of aliphatic imine (C=N–C) groups is 1. The van der Waals surface area contributed by atoms with Gasteiger partial charge in [-0.05, 0) is 57.5 Å². The zero-order valence-electron chi connectivity index (χ0n) is 15.8. The molecular weight excluding hydrogens is 415 g/mol. The van der Waals surface area contributed by atoms with E-state index in [1.165, 1.54) is 45.2 Å². The molecule has 1 saturated heterocycles. The van der Waals surface area contributed by atoms with Crippen molar-refractivity contribution < 1.29 is 4.74 Å². The third-order valence-electron chi connectivity index (χ3n) is 5.55. The summed E-state index contributed by atoms with van der Waals surface area (Å²) in [5.74, 6) is 1.71. The van der Waals surface area contributed by atoms with Crippen molar-refractivity contribution in [3.05, 3.63) is 0 Å². The van der Waals surface area contributed by atoms with Gasteiger partial charge in [-0.2, -0.15) is 0 Å². The van der Waals surface area contributed by atoms with E-state index in [2.05, 4.69) is 34.5 Å². The minimum atomic E-state index is 0. The number of nitrogens with zero attached hydrogens (tertiary/aromatic N) is 2. The van der Waals surface area contributed by atoms with E-state index in [1.807, 2.05) is 7.05 Å². The molecule has 5 nitrogen and oxygen atoms in total. The van der Waals surface area contributed by atoms with Crippen LogP contribution in [0.4, 0.5) is 0 Å². The Morgan fingerprint density at radius 1 is 1.29 bits per heavy atom. The van der Waals surface area contributed by atoms with Crippen LogP contribution in [0.1, 0.15) is 45.4 Å². The molecule has 0 aromatic rings. The molecule has 1 aliphatic carbocycles. The van der Waals surface area contributed by atoms with E-state index in [1.54, 1.807) is 0 Å². The third-order valence-corrected chi connectivity index (χ3v) is 5.55. The van der Waals surface area contributed by atoms with Crippen LogP contribution in [0.15, 0.2) is 4.99 Å². The molecule has 0 aromatic carbocycles. The van der Waals surface area contributed by atoms with Crippen molar-refractivity contribution in [2.75, 3.05) is 53.5 Å². The smallest absolute Gasteiger partial charge is 0.191 e. The number of nitrogens with one attached hydrogen (secondary N) is 2. The Morgan fingerprint density at radius 2 is 2.04 bits per heavy atom. The number of likely N-dealkylation sites (tertiary alicyclic amines) is 1. The van der Waals surface area contributed by atoms with Crippen molar-refractivity contribution in [1.82, 2.24) is 15.5 Å². The highest BCUT2D eigenvalue weighted by molar-refractivity contribution is 14.0. The fourth-order valence-electron chi connectivity index (χ4n) is 4.00. The van der Waals surface area contributed by atoms with Crippen molar-refractivity contribution in [1.29, 1.82) is 0 Å². The standard InChI is InChI=1S/C18H36N4O.HI/c1-4-23-12-10-18(8-5-6-9-18)15-21-17(19-2)20-13-16-7-11-22(3)14-16;/h16H,4-15H2,1-3H3,(H2,19,20,21);1H. The van der Waals surface area contributed by atoms with E-state index in [0.717, 1.165) is 44.6 Å². The summed E-state index contributed by atoms with van der Waals surface area (Å²) >= 11 is 0. The highest BCUT2D eigenvalue weighted by atomic mass is 127. The fourth-order valence-corrected chi connectivity index (χ4v) is 4.00. The zero-order chi connectivity index (χ0) is 16.5. The van der Waals surface area contributed by atoms with Crippen LogP contribution in [0.5, 0.6) is 0 Å². The molecule has 142 valence electrons. The molecule has 1 unspecified atom stereocenters. The van der Waals surface area contributed by atoms with Crippen LogP contribution in [-0.4, -0.2) is 64.3 Å². The first kappa shape index (κ1) is 22.0. The number of rotatable bonds is 8. The second kappa shape index (κ2) is 11.5. The highest BCUT2D eigenvalue weighted by Crippen LogP contribution is 2.40. The van der Waals surface area contributed by atoms with Gasteiger partial charge in [-0.15, -0.1) is 24.0 Å². The SMILES string of the molecule is CCOCCC1(CNC(=NC)NCC2CCN(C)C2)CCCC1.I. The van der Waals surface area contributed by atoms with Gasteiger partial charge in [0.05, 0.1) is 0 Å². The molecule has 0 amide bonds. The minimum absolute atomic E-state index is 0. The predicted molar refractivity (Wildman–Crippen MR) is 112 cm³/mol. The molecule has 0 aromatic heterocycles. The van der Waals surface area contributed by atoms with Gasteiger partial charge in [0, 0.05) is 39.9 Å². The van der Waals surface area contributed by atoms with E-state index in [9.17, 15) is 0 Å². The largest absolute Gasteiger partial charge is 0.382 e. The van der Waals surface area contributed by atoms with Gasteiger partial charge in [-0.3, -0.25) is 4.99 Å². The van der Waals surface area contributed by atoms with Gasteiger partial charge in [-0.1, -0.05) is 12.8 Å². The normalized spacial score (nSPS) is 24.0.